The second-order valence-corrected chi connectivity index (χ2v) is 7.08. The second-order valence-electron chi connectivity index (χ2n) is 4.47. The van der Waals surface area contributed by atoms with E-state index in [9.17, 15) is 30.6 Å². The van der Waals surface area contributed by atoms with Crippen molar-refractivity contribution < 1.29 is 30.6 Å². The largest absolute Gasteiger partial charge is 0.475 e. The van der Waals surface area contributed by atoms with Crippen LogP contribution in [0.3, 0.4) is 0 Å². The number of hydrogen-bond donors (Lipinski definition) is 4. The lowest BCUT2D eigenvalue weighted by molar-refractivity contribution is -0.0385. The molecule has 6 N–H and O–H groups in total. The molecule has 1 aliphatic rings. The zero-order valence-corrected chi connectivity index (χ0v) is 13.0. The molecule has 0 amide bonds. The average molecular weight is 393 g/mol. The third-order valence-electron chi connectivity index (χ3n) is 2.66. The molecule has 134 valence electrons. The van der Waals surface area contributed by atoms with E-state index in [0.717, 1.165) is 12.1 Å². The summed E-state index contributed by atoms with van der Waals surface area (Å²) in [5.41, 5.74) is 5.51. The summed E-state index contributed by atoms with van der Waals surface area (Å²) < 4.78 is 87.0. The molecule has 1 aromatic carbocycles. The quantitative estimate of drug-likeness (QED) is 0.457. The number of halogens is 6. The van der Waals surface area contributed by atoms with Gasteiger partial charge in [0.1, 0.15) is 0 Å². The van der Waals surface area contributed by atoms with E-state index in [-0.39, 0.29) is 11.5 Å². The van der Waals surface area contributed by atoms with E-state index in [1.165, 1.54) is 0 Å². The van der Waals surface area contributed by atoms with Gasteiger partial charge in [-0.05, 0) is 30.0 Å². The molecule has 0 spiro atoms. The highest BCUT2D eigenvalue weighted by Crippen LogP contribution is 2.40. The summed E-state index contributed by atoms with van der Waals surface area (Å²) in [6.45, 7) is 0. The maximum absolute atomic E-state index is 12.6. The molecule has 0 aliphatic carbocycles. The lowest BCUT2D eigenvalue weighted by Gasteiger charge is -2.22. The van der Waals surface area contributed by atoms with Gasteiger partial charge in [-0.1, -0.05) is 0 Å². The molecule has 1 heterocycles. The summed E-state index contributed by atoms with van der Waals surface area (Å²) in [6.07, 6.45) is 0. The third kappa shape index (κ3) is 4.31. The topological polar surface area (TPSA) is 106 Å². The maximum Gasteiger partial charge on any atom is 0.475 e. The Kier molecular flexibility index (Phi) is 4.78. The van der Waals surface area contributed by atoms with Crippen LogP contribution in [0.4, 0.5) is 26.3 Å². The Balaban J connectivity index is 2.55. The molecule has 0 saturated carbocycles. The van der Waals surface area contributed by atoms with Gasteiger partial charge < -0.3 is 5.73 Å². The van der Waals surface area contributed by atoms with E-state index >= 15 is 0 Å². The van der Waals surface area contributed by atoms with Crippen molar-refractivity contribution in [2.24, 2.45) is 16.5 Å². The van der Waals surface area contributed by atoms with Crippen LogP contribution in [-0.2, 0) is 16.6 Å². The van der Waals surface area contributed by atoms with Gasteiger partial charge in [-0.25, -0.2) is 9.20 Å². The first-order valence-corrected chi connectivity index (χ1v) is 7.84. The molecule has 0 saturated heterocycles. The van der Waals surface area contributed by atoms with Gasteiger partial charge >= 0.3 is 11.0 Å². The summed E-state index contributed by atoms with van der Waals surface area (Å²) >= 11 is -0.670. The number of thioether (sulfide) groups is 1. The summed E-state index contributed by atoms with van der Waals surface area (Å²) in [5, 5.41) is 0. The van der Waals surface area contributed by atoms with Gasteiger partial charge in [-0.2, -0.15) is 31.8 Å². The number of hydrogen-bond acceptors (Lipinski definition) is 7. The zero-order valence-electron chi connectivity index (χ0n) is 11.3. The molecular formula is C10H9F6N5OS2. The molecule has 0 radical (unpaired) electrons. The van der Waals surface area contributed by atoms with Gasteiger partial charge in [0.15, 0.2) is 10.8 Å². The molecule has 14 heteroatoms. The Morgan fingerprint density at radius 2 is 1.79 bits per heavy atom. The van der Waals surface area contributed by atoms with Crippen molar-refractivity contribution in [3.05, 3.63) is 23.8 Å². The highest BCUT2D eigenvalue weighted by molar-refractivity contribution is 8.00. The third-order valence-corrected chi connectivity index (χ3v) is 4.44. The Hall–Kier alpha value is -1.51. The monoisotopic (exact) mass is 393 g/mol. The van der Waals surface area contributed by atoms with Crippen molar-refractivity contribution in [3.8, 4) is 0 Å². The zero-order chi connectivity index (χ0) is 18.3. The van der Waals surface area contributed by atoms with Crippen molar-refractivity contribution in [1.29, 1.82) is 0 Å². The van der Waals surface area contributed by atoms with Gasteiger partial charge in [0, 0.05) is 15.4 Å². The first kappa shape index (κ1) is 18.8. The lowest BCUT2D eigenvalue weighted by Crippen LogP contribution is -2.50. The molecule has 0 bridgehead atoms. The van der Waals surface area contributed by atoms with E-state index in [1.54, 1.807) is 0 Å². The van der Waals surface area contributed by atoms with Crippen LogP contribution in [0.2, 0.25) is 0 Å². The molecular weight excluding hydrogens is 384 g/mol. The van der Waals surface area contributed by atoms with Gasteiger partial charge in [0.05, 0.1) is 0 Å². The highest BCUT2D eigenvalue weighted by Gasteiger charge is 2.40. The fourth-order valence-electron chi connectivity index (χ4n) is 1.77. The Morgan fingerprint density at radius 3 is 2.25 bits per heavy atom. The number of rotatable bonds is 3. The SMILES string of the molecule is NC1=NC(N)(c2cc(SC(F)(F)F)cc(S(=O)C(F)(F)F)c2)NN1. The molecule has 6 nitrogen and oxygen atoms in total. The van der Waals surface area contributed by atoms with Crippen molar-refractivity contribution in [1.82, 2.24) is 10.9 Å². The van der Waals surface area contributed by atoms with Crippen LogP contribution in [0.25, 0.3) is 0 Å². The highest BCUT2D eigenvalue weighted by atomic mass is 32.2. The minimum absolute atomic E-state index is 0.218. The average Bonchev–Trinajstić information content (AvgIpc) is 2.75. The minimum atomic E-state index is -5.15. The maximum atomic E-state index is 12.6. The van der Waals surface area contributed by atoms with Crippen LogP contribution in [0.5, 0.6) is 0 Å². The predicted octanol–water partition coefficient (Wildman–Crippen LogP) is 1.42. The van der Waals surface area contributed by atoms with Gasteiger partial charge in [0.2, 0.25) is 11.7 Å². The Morgan fingerprint density at radius 1 is 1.17 bits per heavy atom. The number of aliphatic imine (C=N–C) groups is 1. The predicted molar refractivity (Wildman–Crippen MR) is 74.6 cm³/mol. The number of nitrogens with two attached hydrogens (primary N) is 2. The summed E-state index contributed by atoms with van der Waals surface area (Å²) in [6, 6.07) is 2.16. The molecule has 0 aromatic heterocycles. The molecule has 0 fully saturated rings. The molecule has 1 aromatic rings. The van der Waals surface area contributed by atoms with E-state index < -0.39 is 49.2 Å². The van der Waals surface area contributed by atoms with Gasteiger partial charge in [-0.3, -0.25) is 11.2 Å². The summed E-state index contributed by atoms with van der Waals surface area (Å²) in [5.74, 6) is -2.12. The van der Waals surface area contributed by atoms with Crippen LogP contribution in [-0.4, -0.2) is 21.2 Å². The van der Waals surface area contributed by atoms with Gasteiger partial charge in [-0.15, -0.1) is 0 Å². The summed E-state index contributed by atoms with van der Waals surface area (Å²) in [4.78, 5) is 2.16. The van der Waals surface area contributed by atoms with Crippen LogP contribution in [0.15, 0.2) is 33.0 Å². The van der Waals surface area contributed by atoms with E-state index in [0.29, 0.717) is 6.07 Å². The van der Waals surface area contributed by atoms with Crippen molar-refractivity contribution in [2.45, 2.75) is 26.6 Å². The Labute approximate surface area is 137 Å². The number of alkyl halides is 6. The van der Waals surface area contributed by atoms with Crippen molar-refractivity contribution >= 4 is 28.5 Å². The molecule has 2 rings (SSSR count). The van der Waals surface area contributed by atoms with E-state index in [1.807, 2.05) is 0 Å². The molecule has 2 atom stereocenters. The fourth-order valence-corrected chi connectivity index (χ4v) is 3.22. The smallest absolute Gasteiger partial charge is 0.369 e. The number of nitrogens with one attached hydrogen (secondary N) is 2. The molecule has 24 heavy (non-hydrogen) atoms. The van der Waals surface area contributed by atoms with Gasteiger partial charge in [0.25, 0.3) is 0 Å². The van der Waals surface area contributed by atoms with Crippen molar-refractivity contribution in [3.63, 3.8) is 0 Å². The Bertz CT molecular complexity index is 706. The van der Waals surface area contributed by atoms with E-state index in [4.69, 9.17) is 11.5 Å². The van der Waals surface area contributed by atoms with E-state index in [2.05, 4.69) is 15.8 Å². The van der Waals surface area contributed by atoms with Crippen LogP contribution < -0.4 is 22.3 Å². The number of hydrazine groups is 1. The number of guanidine groups is 1. The first-order chi connectivity index (χ1) is 10.8. The second kappa shape index (κ2) is 6.09. The molecule has 1 aliphatic heterocycles. The minimum Gasteiger partial charge on any atom is -0.369 e. The van der Waals surface area contributed by atoms with Crippen LogP contribution in [0, 0.1) is 0 Å². The van der Waals surface area contributed by atoms with Crippen molar-refractivity contribution in [2.75, 3.05) is 0 Å². The standard InChI is InChI=1S/C10H9F6N5OS2/c11-9(12,13)23-5-1-4(8(18)19-7(17)20-21-8)2-6(3-5)24(22)10(14,15)16/h1-3,21H,18H2,(H3,17,19,20). The van der Waals surface area contributed by atoms with Crippen LogP contribution >= 0.6 is 11.8 Å². The summed E-state index contributed by atoms with van der Waals surface area (Å²) in [7, 11) is -3.54. The number of benzene rings is 1. The van der Waals surface area contributed by atoms with Crippen LogP contribution in [0.1, 0.15) is 5.56 Å². The fraction of sp³-hybridized carbons (Fsp3) is 0.300. The number of nitrogens with zero attached hydrogens (tertiary/aromatic N) is 1. The normalized spacial score (nSPS) is 22.9. The first-order valence-electron chi connectivity index (χ1n) is 5.87. The lowest BCUT2D eigenvalue weighted by atomic mass is 10.1. The molecule has 2 unspecified atom stereocenters.